The van der Waals surface area contributed by atoms with Crippen LogP contribution in [-0.2, 0) is 0 Å². The minimum atomic E-state index is -0.146. The number of carbonyl (C=O) groups is 1. The van der Waals surface area contributed by atoms with E-state index in [1.165, 1.54) is 0 Å². The second-order valence-corrected chi connectivity index (χ2v) is 6.32. The highest BCUT2D eigenvalue weighted by atomic mass is 35.5. The highest BCUT2D eigenvalue weighted by molar-refractivity contribution is 6.42. The van der Waals surface area contributed by atoms with Crippen molar-refractivity contribution in [3.8, 4) is 5.75 Å². The van der Waals surface area contributed by atoms with Crippen molar-refractivity contribution in [2.24, 2.45) is 0 Å². The van der Waals surface area contributed by atoms with Gasteiger partial charge in [-0.1, -0.05) is 23.2 Å². The van der Waals surface area contributed by atoms with Gasteiger partial charge in [0.05, 0.1) is 22.2 Å². The van der Waals surface area contributed by atoms with Gasteiger partial charge in [-0.15, -0.1) is 0 Å². The molecular formula is C17H17Cl2N3O2. The molecule has 1 aliphatic heterocycles. The number of aromatic nitrogens is 1. The average molecular weight is 366 g/mol. The lowest BCUT2D eigenvalue weighted by Gasteiger charge is -2.20. The van der Waals surface area contributed by atoms with Crippen molar-refractivity contribution in [1.82, 2.24) is 10.3 Å². The molecule has 0 bridgehead atoms. The number of benzene rings is 1. The molecule has 1 atom stereocenters. The Morgan fingerprint density at radius 3 is 2.92 bits per heavy atom. The summed E-state index contributed by atoms with van der Waals surface area (Å²) in [5.74, 6) is 1.22. The van der Waals surface area contributed by atoms with E-state index in [-0.39, 0.29) is 12.0 Å². The number of anilines is 1. The normalized spacial score (nSPS) is 17.0. The number of hydrogen-bond donors (Lipinski definition) is 1. The Labute approximate surface area is 150 Å². The number of hydrogen-bond acceptors (Lipinski definition) is 4. The number of ether oxygens (including phenoxy) is 1. The van der Waals surface area contributed by atoms with Gasteiger partial charge in [-0.05, 0) is 24.3 Å². The number of rotatable bonds is 4. The lowest BCUT2D eigenvalue weighted by atomic mass is 10.2. The van der Waals surface area contributed by atoms with Crippen molar-refractivity contribution in [1.29, 1.82) is 0 Å². The number of nitrogens with one attached hydrogen (secondary N) is 1. The smallest absolute Gasteiger partial charge is 0.254 e. The van der Waals surface area contributed by atoms with Gasteiger partial charge in [0, 0.05) is 32.3 Å². The fourth-order valence-electron chi connectivity index (χ4n) is 2.72. The van der Waals surface area contributed by atoms with E-state index >= 15 is 0 Å². The van der Waals surface area contributed by atoms with Crippen LogP contribution in [0.15, 0.2) is 36.5 Å². The van der Waals surface area contributed by atoms with Gasteiger partial charge in [0.15, 0.2) is 0 Å². The van der Waals surface area contributed by atoms with E-state index in [9.17, 15) is 4.79 Å². The van der Waals surface area contributed by atoms with Gasteiger partial charge in [-0.25, -0.2) is 4.98 Å². The van der Waals surface area contributed by atoms with Crippen LogP contribution in [-0.4, -0.2) is 37.1 Å². The molecule has 3 rings (SSSR count). The molecule has 126 valence electrons. The SMILES string of the molecule is CNC(=O)c1cccnc1N1CCC(Oc2ccc(Cl)c(Cl)c2)C1. The molecule has 0 radical (unpaired) electrons. The minimum Gasteiger partial charge on any atom is -0.488 e. The lowest BCUT2D eigenvalue weighted by molar-refractivity contribution is 0.0963. The van der Waals surface area contributed by atoms with E-state index in [1.54, 1.807) is 43.6 Å². The minimum absolute atomic E-state index is 0.00165. The topological polar surface area (TPSA) is 54.5 Å². The summed E-state index contributed by atoms with van der Waals surface area (Å²) in [6.07, 6.45) is 2.53. The van der Waals surface area contributed by atoms with Gasteiger partial charge in [0.1, 0.15) is 17.7 Å². The standard InChI is InChI=1S/C17H17Cl2N3O2/c1-20-17(23)13-3-2-7-21-16(13)22-8-6-12(10-22)24-11-4-5-14(18)15(19)9-11/h2-5,7,9,12H,6,8,10H2,1H3,(H,20,23). The summed E-state index contributed by atoms with van der Waals surface area (Å²) in [7, 11) is 1.61. The van der Waals surface area contributed by atoms with Crippen LogP contribution in [0.5, 0.6) is 5.75 Å². The van der Waals surface area contributed by atoms with E-state index in [2.05, 4.69) is 15.2 Å². The first-order valence-corrected chi connectivity index (χ1v) is 8.38. The van der Waals surface area contributed by atoms with Crippen molar-refractivity contribution in [3.63, 3.8) is 0 Å². The lowest BCUT2D eigenvalue weighted by Crippen LogP contribution is -2.28. The Morgan fingerprint density at radius 2 is 2.17 bits per heavy atom. The number of halogens is 2. The first-order valence-electron chi connectivity index (χ1n) is 7.62. The molecule has 0 spiro atoms. The molecule has 2 heterocycles. The summed E-state index contributed by atoms with van der Waals surface area (Å²) < 4.78 is 5.98. The summed E-state index contributed by atoms with van der Waals surface area (Å²) in [6, 6.07) is 8.76. The fourth-order valence-corrected chi connectivity index (χ4v) is 3.01. The summed E-state index contributed by atoms with van der Waals surface area (Å²) in [6.45, 7) is 1.42. The summed E-state index contributed by atoms with van der Waals surface area (Å²) in [5.41, 5.74) is 0.565. The maximum absolute atomic E-state index is 12.0. The zero-order valence-electron chi connectivity index (χ0n) is 13.1. The molecule has 1 aromatic carbocycles. The Kier molecular flexibility index (Phi) is 5.11. The summed E-state index contributed by atoms with van der Waals surface area (Å²) >= 11 is 11.9. The van der Waals surface area contributed by atoms with E-state index in [0.717, 1.165) is 13.0 Å². The quantitative estimate of drug-likeness (QED) is 0.901. The average Bonchev–Trinajstić information content (AvgIpc) is 3.06. The van der Waals surface area contributed by atoms with Gasteiger partial charge >= 0.3 is 0 Å². The summed E-state index contributed by atoms with van der Waals surface area (Å²) in [5, 5.41) is 3.61. The maximum Gasteiger partial charge on any atom is 0.254 e. The largest absolute Gasteiger partial charge is 0.488 e. The Hall–Kier alpha value is -1.98. The van der Waals surface area contributed by atoms with Crippen LogP contribution in [0.2, 0.25) is 10.0 Å². The third-order valence-electron chi connectivity index (χ3n) is 3.90. The molecule has 1 unspecified atom stereocenters. The molecule has 1 aliphatic rings. The van der Waals surface area contributed by atoms with E-state index in [1.807, 2.05) is 0 Å². The van der Waals surface area contributed by atoms with Crippen molar-refractivity contribution in [3.05, 3.63) is 52.1 Å². The number of pyridine rings is 1. The van der Waals surface area contributed by atoms with E-state index in [0.29, 0.717) is 33.7 Å². The first-order chi connectivity index (χ1) is 11.6. The molecule has 1 aromatic heterocycles. The van der Waals surface area contributed by atoms with Gasteiger partial charge in [0.25, 0.3) is 5.91 Å². The molecule has 24 heavy (non-hydrogen) atoms. The predicted octanol–water partition coefficient (Wildman–Crippen LogP) is 3.41. The molecule has 1 fully saturated rings. The van der Waals surface area contributed by atoms with Crippen molar-refractivity contribution in [2.45, 2.75) is 12.5 Å². The second-order valence-electron chi connectivity index (χ2n) is 5.50. The Bertz CT molecular complexity index is 754. The van der Waals surface area contributed by atoms with Crippen LogP contribution < -0.4 is 15.0 Å². The van der Waals surface area contributed by atoms with Crippen LogP contribution in [0.25, 0.3) is 0 Å². The van der Waals surface area contributed by atoms with Gasteiger partial charge in [-0.2, -0.15) is 0 Å². The van der Waals surface area contributed by atoms with Crippen LogP contribution in [0.3, 0.4) is 0 Å². The highest BCUT2D eigenvalue weighted by Gasteiger charge is 2.27. The second kappa shape index (κ2) is 7.28. The zero-order valence-corrected chi connectivity index (χ0v) is 14.6. The fraction of sp³-hybridized carbons (Fsp3) is 0.294. The van der Waals surface area contributed by atoms with Gasteiger partial charge < -0.3 is 15.0 Å². The van der Waals surface area contributed by atoms with Gasteiger partial charge in [-0.3, -0.25) is 4.79 Å². The molecule has 1 amide bonds. The van der Waals surface area contributed by atoms with Crippen LogP contribution in [0.1, 0.15) is 16.8 Å². The number of carbonyl (C=O) groups excluding carboxylic acids is 1. The molecular weight excluding hydrogens is 349 g/mol. The van der Waals surface area contributed by atoms with Crippen molar-refractivity contribution < 1.29 is 9.53 Å². The van der Waals surface area contributed by atoms with E-state index < -0.39 is 0 Å². The molecule has 5 nitrogen and oxygen atoms in total. The van der Waals surface area contributed by atoms with Crippen LogP contribution in [0, 0.1) is 0 Å². The third-order valence-corrected chi connectivity index (χ3v) is 4.64. The maximum atomic E-state index is 12.0. The molecule has 2 aromatic rings. The molecule has 7 heteroatoms. The predicted molar refractivity (Wildman–Crippen MR) is 95.3 cm³/mol. The first kappa shape index (κ1) is 16.9. The Morgan fingerprint density at radius 1 is 1.33 bits per heavy atom. The number of nitrogens with zero attached hydrogens (tertiary/aromatic N) is 2. The molecule has 1 N–H and O–H groups in total. The number of amides is 1. The van der Waals surface area contributed by atoms with Crippen LogP contribution >= 0.6 is 23.2 Å². The monoisotopic (exact) mass is 365 g/mol. The molecule has 1 saturated heterocycles. The highest BCUT2D eigenvalue weighted by Crippen LogP contribution is 2.29. The summed E-state index contributed by atoms with van der Waals surface area (Å²) in [4.78, 5) is 18.4. The van der Waals surface area contributed by atoms with Crippen molar-refractivity contribution >= 4 is 34.9 Å². The third kappa shape index (κ3) is 3.57. The van der Waals surface area contributed by atoms with Crippen LogP contribution in [0.4, 0.5) is 5.82 Å². The Balaban J connectivity index is 1.72. The molecule has 0 aliphatic carbocycles. The molecule has 0 saturated carbocycles. The van der Waals surface area contributed by atoms with Crippen molar-refractivity contribution in [2.75, 3.05) is 25.0 Å². The van der Waals surface area contributed by atoms with E-state index in [4.69, 9.17) is 27.9 Å². The van der Waals surface area contributed by atoms with Gasteiger partial charge in [0.2, 0.25) is 0 Å². The zero-order chi connectivity index (χ0) is 17.1.